The van der Waals surface area contributed by atoms with E-state index in [0.717, 1.165) is 6.08 Å². The lowest BCUT2D eigenvalue weighted by atomic mass is 10.1. The molecule has 0 spiro atoms. The third-order valence-electron chi connectivity index (χ3n) is 1.92. The number of cyclic esters (lactones) is 2. The van der Waals surface area contributed by atoms with Gasteiger partial charge in [-0.25, -0.2) is 9.59 Å². The third kappa shape index (κ3) is 2.89. The van der Waals surface area contributed by atoms with E-state index in [9.17, 15) is 14.4 Å². The van der Waals surface area contributed by atoms with E-state index in [1.807, 2.05) is 5.87 Å². The predicted molar refractivity (Wildman–Crippen MR) is 56.3 cm³/mol. The molecule has 0 aromatic heterocycles. The minimum absolute atomic E-state index is 0.200. The van der Waals surface area contributed by atoms with Gasteiger partial charge in [-0.3, -0.25) is 10.2 Å². The molecule has 0 amide bonds. The van der Waals surface area contributed by atoms with Crippen LogP contribution in [0.15, 0.2) is 17.2 Å². The lowest BCUT2D eigenvalue weighted by Gasteiger charge is -2.29. The maximum atomic E-state index is 11.5. The van der Waals surface area contributed by atoms with Crippen LogP contribution in [0.3, 0.4) is 0 Å². The fourth-order valence-electron chi connectivity index (χ4n) is 1.15. The summed E-state index contributed by atoms with van der Waals surface area (Å²) < 4.78 is 9.64. The fraction of sp³-hybridized carbons (Fsp3) is 0.364. The Morgan fingerprint density at radius 1 is 1.29 bits per heavy atom. The minimum atomic E-state index is -1.32. The molecule has 1 heterocycles. The van der Waals surface area contributed by atoms with Crippen molar-refractivity contribution in [3.63, 3.8) is 0 Å². The van der Waals surface area contributed by atoms with Crippen molar-refractivity contribution in [3.8, 4) is 0 Å². The zero-order valence-corrected chi connectivity index (χ0v) is 9.62. The Morgan fingerprint density at radius 3 is 2.12 bits per heavy atom. The van der Waals surface area contributed by atoms with E-state index in [-0.39, 0.29) is 5.57 Å². The van der Waals surface area contributed by atoms with Crippen molar-refractivity contribution < 1.29 is 23.9 Å². The molecule has 0 aromatic carbocycles. The van der Waals surface area contributed by atoms with Gasteiger partial charge in [-0.15, -0.1) is 0 Å². The van der Waals surface area contributed by atoms with Gasteiger partial charge in [-0.2, -0.15) is 0 Å². The zero-order valence-electron chi connectivity index (χ0n) is 9.62. The highest BCUT2D eigenvalue weighted by Gasteiger charge is 2.39. The molecule has 1 aliphatic heterocycles. The number of carbonyl (C=O) groups is 3. The van der Waals surface area contributed by atoms with Crippen molar-refractivity contribution in [1.82, 2.24) is 0 Å². The number of hydrogen-bond donors (Lipinski definition) is 1. The molecule has 0 aromatic rings. The molecule has 1 fully saturated rings. The van der Waals surface area contributed by atoms with Crippen molar-refractivity contribution in [3.05, 3.63) is 17.2 Å². The predicted octanol–water partition coefficient (Wildman–Crippen LogP) is 0.513. The van der Waals surface area contributed by atoms with E-state index in [4.69, 9.17) is 14.9 Å². The number of ether oxygens (including phenoxy) is 2. The van der Waals surface area contributed by atoms with Gasteiger partial charge in [0.1, 0.15) is 5.57 Å². The highest BCUT2D eigenvalue weighted by atomic mass is 16.7. The Labute approximate surface area is 97.4 Å². The topological polar surface area (TPSA) is 93.5 Å². The molecule has 1 aliphatic rings. The second kappa shape index (κ2) is 4.35. The van der Waals surface area contributed by atoms with E-state index >= 15 is 0 Å². The van der Waals surface area contributed by atoms with Gasteiger partial charge in [-0.1, -0.05) is 0 Å². The fourth-order valence-corrected chi connectivity index (χ4v) is 1.15. The molecule has 6 heteroatoms. The third-order valence-corrected chi connectivity index (χ3v) is 1.92. The summed E-state index contributed by atoms with van der Waals surface area (Å²) in [5, 5.41) is 6.86. The first-order valence-corrected chi connectivity index (χ1v) is 4.76. The molecule has 1 rings (SSSR count). The molecule has 0 aliphatic carbocycles. The SMILES string of the molecule is CC(=O)C(=C=N)C=C1C(=O)OC(C)(C)OC1=O. The van der Waals surface area contributed by atoms with E-state index in [2.05, 4.69) is 0 Å². The van der Waals surface area contributed by atoms with Crippen LogP contribution in [0, 0.1) is 5.41 Å². The van der Waals surface area contributed by atoms with Crippen LogP contribution in [0.1, 0.15) is 20.8 Å². The van der Waals surface area contributed by atoms with Crippen molar-refractivity contribution >= 4 is 23.6 Å². The second-order valence-electron chi connectivity index (χ2n) is 3.83. The van der Waals surface area contributed by atoms with Crippen LogP contribution in [-0.4, -0.2) is 29.4 Å². The average molecular weight is 237 g/mol. The molecule has 0 bridgehead atoms. The number of esters is 2. The van der Waals surface area contributed by atoms with Crippen molar-refractivity contribution in [2.24, 2.45) is 0 Å². The molecule has 1 saturated heterocycles. The van der Waals surface area contributed by atoms with Gasteiger partial charge in [0.05, 0.1) is 5.57 Å². The van der Waals surface area contributed by atoms with Crippen molar-refractivity contribution in [2.45, 2.75) is 26.6 Å². The van der Waals surface area contributed by atoms with Gasteiger partial charge in [-0.05, 0) is 18.9 Å². The monoisotopic (exact) mass is 237 g/mol. The van der Waals surface area contributed by atoms with Crippen LogP contribution < -0.4 is 0 Å². The highest BCUT2D eigenvalue weighted by Crippen LogP contribution is 2.23. The molecule has 0 radical (unpaired) electrons. The normalized spacial score (nSPS) is 17.7. The number of rotatable bonds is 2. The zero-order chi connectivity index (χ0) is 13.2. The molecule has 0 atom stereocenters. The Hall–Kier alpha value is -2.20. The summed E-state index contributed by atoms with van der Waals surface area (Å²) in [6.45, 7) is 4.02. The number of carbonyl (C=O) groups excluding carboxylic acids is 3. The summed E-state index contributed by atoms with van der Waals surface area (Å²) in [6, 6.07) is 0. The van der Waals surface area contributed by atoms with Crippen LogP contribution in [0.5, 0.6) is 0 Å². The molecule has 0 saturated carbocycles. The standard InChI is InChI=1S/C11H11NO5/c1-6(13)7(5-12)4-8-9(14)16-11(2,3)17-10(8)15/h4,12H,1-3H3. The quantitative estimate of drug-likeness (QED) is 0.327. The largest absolute Gasteiger partial charge is 0.419 e. The van der Waals surface area contributed by atoms with Gasteiger partial charge in [0, 0.05) is 13.8 Å². The maximum absolute atomic E-state index is 11.5. The van der Waals surface area contributed by atoms with Crippen LogP contribution in [-0.2, 0) is 23.9 Å². The lowest BCUT2D eigenvalue weighted by molar-refractivity contribution is -0.222. The van der Waals surface area contributed by atoms with Crippen LogP contribution in [0.4, 0.5) is 0 Å². The van der Waals surface area contributed by atoms with Gasteiger partial charge in [0.2, 0.25) is 0 Å². The first-order chi connectivity index (χ1) is 7.76. The van der Waals surface area contributed by atoms with E-state index in [1.165, 1.54) is 20.8 Å². The molecular weight excluding hydrogens is 226 g/mol. The molecule has 1 N–H and O–H groups in total. The van der Waals surface area contributed by atoms with Crippen LogP contribution in [0.25, 0.3) is 0 Å². The summed E-state index contributed by atoms with van der Waals surface area (Å²) in [7, 11) is 0. The smallest absolute Gasteiger partial charge is 0.348 e. The van der Waals surface area contributed by atoms with E-state index in [0.29, 0.717) is 0 Å². The number of ketones is 1. The average Bonchev–Trinajstić information content (AvgIpc) is 2.14. The number of hydrogen-bond acceptors (Lipinski definition) is 6. The van der Waals surface area contributed by atoms with Gasteiger partial charge < -0.3 is 9.47 Å². The van der Waals surface area contributed by atoms with Gasteiger partial charge in [0.25, 0.3) is 5.79 Å². The first kappa shape index (κ1) is 12.9. The summed E-state index contributed by atoms with van der Waals surface area (Å²) in [5.41, 5.74) is -0.622. The summed E-state index contributed by atoms with van der Waals surface area (Å²) in [4.78, 5) is 34.0. The number of Topliss-reactive ketones (excluding diaryl/α,β-unsaturated/α-hetero) is 1. The molecule has 90 valence electrons. The van der Waals surface area contributed by atoms with Gasteiger partial charge in [0.15, 0.2) is 5.78 Å². The Balaban J connectivity index is 3.12. The summed E-state index contributed by atoms with van der Waals surface area (Å²) in [6.07, 6.45) is 0.940. The van der Waals surface area contributed by atoms with Gasteiger partial charge >= 0.3 is 11.9 Å². The Morgan fingerprint density at radius 2 is 1.76 bits per heavy atom. The minimum Gasteiger partial charge on any atom is -0.419 e. The van der Waals surface area contributed by atoms with Crippen LogP contribution >= 0.6 is 0 Å². The highest BCUT2D eigenvalue weighted by molar-refractivity contribution is 6.18. The lowest BCUT2D eigenvalue weighted by Crippen LogP contribution is -2.41. The van der Waals surface area contributed by atoms with Crippen molar-refractivity contribution in [1.29, 1.82) is 5.41 Å². The molecular formula is C11H11NO5. The van der Waals surface area contributed by atoms with E-state index < -0.39 is 29.1 Å². The molecule has 6 nitrogen and oxygen atoms in total. The molecule has 0 unspecified atom stereocenters. The van der Waals surface area contributed by atoms with Crippen LogP contribution in [0.2, 0.25) is 0 Å². The second-order valence-corrected chi connectivity index (χ2v) is 3.83. The maximum Gasteiger partial charge on any atom is 0.348 e. The van der Waals surface area contributed by atoms with Crippen molar-refractivity contribution in [2.75, 3.05) is 0 Å². The Kier molecular flexibility index (Phi) is 3.29. The van der Waals surface area contributed by atoms with E-state index in [1.54, 1.807) is 0 Å². The number of nitrogens with one attached hydrogen (secondary N) is 1. The Bertz CT molecular complexity index is 458. The summed E-state index contributed by atoms with van der Waals surface area (Å²) in [5.74, 6) is -1.75. The molecule has 17 heavy (non-hydrogen) atoms. The summed E-state index contributed by atoms with van der Waals surface area (Å²) >= 11 is 0. The first-order valence-electron chi connectivity index (χ1n) is 4.76. The number of allylic oxidation sites excluding steroid dienone is 2.